The number of nitro groups is 2. The molecule has 0 aliphatic carbocycles. The number of hydrogen-bond donors (Lipinski definition) is 6. The first-order valence-corrected chi connectivity index (χ1v) is 15.4. The van der Waals surface area contributed by atoms with Gasteiger partial charge in [-0.2, -0.15) is 0 Å². The summed E-state index contributed by atoms with van der Waals surface area (Å²) in [4.78, 5) is 16.9. The van der Waals surface area contributed by atoms with Crippen molar-refractivity contribution in [2.75, 3.05) is 0 Å². The van der Waals surface area contributed by atoms with Crippen molar-refractivity contribution < 1.29 is 101 Å². The zero-order valence-corrected chi connectivity index (χ0v) is 28.1. The zero-order valence-electron chi connectivity index (χ0n) is 24.3. The van der Waals surface area contributed by atoms with Gasteiger partial charge in [0.2, 0.25) is 5.75 Å². The number of phenolic OH excluding ortho intramolecular Hbond substituents is 6. The SMILES string of the molecule is O=[N+]([O-])c1ccc(N=Nc2cc(Cc3cc(N=Nc4ccc(S(=O)(=O)[O-])c([N+](=O)[O-])c4O)c(O)cc3O)c(O)cc2O)c(O)c1S(=O)(=O)[O-].[Fe].[Fe]. The van der Waals surface area contributed by atoms with Crippen molar-refractivity contribution in [2.24, 2.45) is 20.5 Å². The Labute approximate surface area is 304 Å². The molecule has 0 radical (unpaired) electrons. The minimum Gasteiger partial charge on any atom is -0.744 e. The number of phenols is 6. The Morgan fingerprint density at radius 1 is 0.569 bits per heavy atom. The topological polar surface area (TPSA) is 372 Å². The Balaban J connectivity index is 0.00000451. The van der Waals surface area contributed by atoms with Crippen molar-refractivity contribution in [3.63, 3.8) is 0 Å². The van der Waals surface area contributed by atoms with Crippen molar-refractivity contribution in [1.82, 2.24) is 0 Å². The van der Waals surface area contributed by atoms with Gasteiger partial charge < -0.3 is 39.7 Å². The molecule has 4 rings (SSSR count). The van der Waals surface area contributed by atoms with E-state index in [4.69, 9.17) is 0 Å². The minimum absolute atomic E-state index is 0. The van der Waals surface area contributed by atoms with Gasteiger partial charge in [-0.05, 0) is 30.3 Å². The van der Waals surface area contributed by atoms with Crippen LogP contribution in [-0.4, -0.2) is 66.4 Å². The Hall–Kier alpha value is -5.46. The molecule has 0 aliphatic rings. The van der Waals surface area contributed by atoms with Crippen LogP contribution in [0.4, 0.5) is 34.1 Å². The molecule has 0 bridgehead atoms. The van der Waals surface area contributed by atoms with Gasteiger partial charge >= 0.3 is 5.69 Å². The first kappa shape index (κ1) is 41.7. The van der Waals surface area contributed by atoms with Crippen LogP contribution in [0.15, 0.2) is 78.8 Å². The van der Waals surface area contributed by atoms with E-state index in [0.717, 1.165) is 36.4 Å². The Bertz CT molecular complexity index is 2360. The van der Waals surface area contributed by atoms with Crippen LogP contribution in [0.25, 0.3) is 0 Å². The summed E-state index contributed by atoms with van der Waals surface area (Å²) in [6.07, 6.45) is -0.419. The van der Waals surface area contributed by atoms with E-state index in [2.05, 4.69) is 20.5 Å². The second-order valence-corrected chi connectivity index (χ2v) is 12.2. The third-order valence-corrected chi connectivity index (χ3v) is 8.11. The molecule has 272 valence electrons. The molecule has 51 heavy (non-hydrogen) atoms. The van der Waals surface area contributed by atoms with Gasteiger partial charge in [0.05, 0.1) is 9.85 Å². The van der Waals surface area contributed by atoms with Crippen molar-refractivity contribution in [3.05, 3.63) is 79.9 Å². The second-order valence-electron chi connectivity index (χ2n) is 9.50. The zero-order chi connectivity index (χ0) is 36.6. The van der Waals surface area contributed by atoms with E-state index in [1.165, 1.54) is 0 Å². The second kappa shape index (κ2) is 15.6. The first-order valence-electron chi connectivity index (χ1n) is 12.6. The average molecular weight is 832 g/mol. The summed E-state index contributed by atoms with van der Waals surface area (Å²) in [5.74, 6) is -5.36. The standard InChI is InChI=1S/C25H18N6O16S2.2Fe/c32-17-8-19(34)14(28-26-12-2-4-21(48(42,43)44)22(23(12)36)31(40)41)6-10(17)5-11-7-15(20(35)9-18(11)33)29-27-13-1-3-16(30(38)39)25(24(13)37)49(45,46)47;;/h1-4,6-9,32-37H,5H2,(H,42,43,44)(H,45,46,47);;/p-2. The van der Waals surface area contributed by atoms with E-state index in [0.29, 0.717) is 12.1 Å². The molecule has 0 fully saturated rings. The molecule has 0 saturated carbocycles. The largest absolute Gasteiger partial charge is 0.744 e. The fourth-order valence-electron chi connectivity index (χ4n) is 4.11. The summed E-state index contributed by atoms with van der Waals surface area (Å²) in [6.45, 7) is 0. The molecule has 6 N–H and O–H groups in total. The molecule has 0 unspecified atom stereocenters. The van der Waals surface area contributed by atoms with E-state index in [9.17, 15) is 76.8 Å². The number of nitro benzene ring substituents is 2. The number of rotatable bonds is 10. The summed E-state index contributed by atoms with van der Waals surface area (Å²) in [5, 5.41) is 98.4. The van der Waals surface area contributed by atoms with E-state index >= 15 is 0 Å². The van der Waals surface area contributed by atoms with E-state index in [1.807, 2.05) is 0 Å². The van der Waals surface area contributed by atoms with Gasteiger partial charge in [-0.1, -0.05) is 0 Å². The molecule has 0 spiro atoms. The van der Waals surface area contributed by atoms with Crippen LogP contribution in [0.1, 0.15) is 11.1 Å². The van der Waals surface area contributed by atoms with Crippen LogP contribution in [0.3, 0.4) is 0 Å². The summed E-state index contributed by atoms with van der Waals surface area (Å²) < 4.78 is 68.6. The fourth-order valence-corrected chi connectivity index (χ4v) is 5.50. The van der Waals surface area contributed by atoms with Crippen molar-refractivity contribution in [2.45, 2.75) is 16.2 Å². The minimum atomic E-state index is -5.57. The van der Waals surface area contributed by atoms with Gasteiger partial charge in [-0.25, -0.2) is 16.8 Å². The number of azo groups is 2. The van der Waals surface area contributed by atoms with Crippen molar-refractivity contribution >= 4 is 54.4 Å². The maximum absolute atomic E-state index is 11.5. The number of hydrogen-bond acceptors (Lipinski definition) is 20. The molecule has 0 heterocycles. The van der Waals surface area contributed by atoms with E-state index in [-0.39, 0.29) is 45.3 Å². The Kier molecular flexibility index (Phi) is 12.8. The van der Waals surface area contributed by atoms with Gasteiger partial charge in [0.1, 0.15) is 70.9 Å². The van der Waals surface area contributed by atoms with Gasteiger partial charge in [-0.3, -0.25) is 20.2 Å². The summed E-state index contributed by atoms with van der Waals surface area (Å²) in [6, 6.07) is 6.10. The summed E-state index contributed by atoms with van der Waals surface area (Å²) in [7, 11) is -10.9. The third-order valence-electron chi connectivity index (χ3n) is 6.34. The number of aromatic hydroxyl groups is 6. The van der Waals surface area contributed by atoms with Crippen LogP contribution in [-0.2, 0) is 60.8 Å². The summed E-state index contributed by atoms with van der Waals surface area (Å²) in [5.41, 5.74) is -5.23. The number of benzene rings is 4. The van der Waals surface area contributed by atoms with Gasteiger partial charge in [0, 0.05) is 69.9 Å². The molecule has 0 amide bonds. The van der Waals surface area contributed by atoms with E-state index < -0.39 is 115 Å². The molecule has 4 aromatic rings. The monoisotopic (exact) mass is 832 g/mol. The van der Waals surface area contributed by atoms with Crippen molar-refractivity contribution in [1.29, 1.82) is 0 Å². The third kappa shape index (κ3) is 9.02. The van der Waals surface area contributed by atoms with Crippen LogP contribution >= 0.6 is 0 Å². The molecule has 4 aromatic carbocycles. The average Bonchev–Trinajstić information content (AvgIpc) is 2.97. The van der Waals surface area contributed by atoms with Gasteiger partial charge in [0.15, 0.2) is 10.6 Å². The first-order chi connectivity index (χ1) is 22.7. The quantitative estimate of drug-likeness (QED) is 0.0433. The molecule has 26 heteroatoms. The molecule has 0 atom stereocenters. The maximum Gasteiger partial charge on any atom is 0.330 e. The van der Waals surface area contributed by atoms with Crippen LogP contribution in [0.5, 0.6) is 34.5 Å². The normalized spacial score (nSPS) is 11.6. The molecular formula is C25H16Fe2N6O16S2-2. The Morgan fingerprint density at radius 2 is 1.00 bits per heavy atom. The van der Waals surface area contributed by atoms with Gasteiger partial charge in [0.25, 0.3) is 5.69 Å². The predicted molar refractivity (Wildman–Crippen MR) is 156 cm³/mol. The maximum atomic E-state index is 11.5. The smallest absolute Gasteiger partial charge is 0.330 e. The molecule has 0 aliphatic heterocycles. The van der Waals surface area contributed by atoms with Crippen molar-refractivity contribution in [3.8, 4) is 34.5 Å². The number of nitrogens with zero attached hydrogens (tertiary/aromatic N) is 6. The summed E-state index contributed by atoms with van der Waals surface area (Å²) >= 11 is 0. The van der Waals surface area contributed by atoms with Crippen LogP contribution in [0, 0.1) is 20.2 Å². The van der Waals surface area contributed by atoms with Crippen LogP contribution < -0.4 is 0 Å². The molecule has 0 saturated heterocycles. The van der Waals surface area contributed by atoms with Crippen LogP contribution in [0.2, 0.25) is 0 Å². The Morgan fingerprint density at radius 3 is 1.41 bits per heavy atom. The van der Waals surface area contributed by atoms with Gasteiger partial charge in [-0.15, -0.1) is 20.5 Å². The molecular weight excluding hydrogens is 816 g/mol. The predicted octanol–water partition coefficient (Wildman–Crippen LogP) is 3.96. The molecule has 0 aromatic heterocycles. The molecule has 22 nitrogen and oxygen atoms in total. The fraction of sp³-hybridized carbons (Fsp3) is 0.0400. The van der Waals surface area contributed by atoms with E-state index in [1.54, 1.807) is 0 Å².